The lowest BCUT2D eigenvalue weighted by Crippen LogP contribution is -2.31. The van der Waals surface area contributed by atoms with E-state index in [0.717, 1.165) is 16.6 Å². The van der Waals surface area contributed by atoms with Crippen molar-refractivity contribution in [3.05, 3.63) is 99.8 Å². The molecule has 36 heavy (non-hydrogen) atoms. The summed E-state index contributed by atoms with van der Waals surface area (Å²) < 4.78 is 31.5. The molecular formula is C27H25N3O4S2. The monoisotopic (exact) mass is 519 g/mol. The molecule has 0 bridgehead atoms. The van der Waals surface area contributed by atoms with Gasteiger partial charge in [-0.1, -0.05) is 42.5 Å². The molecule has 0 unspecified atom stereocenters. The number of rotatable bonds is 8. The maximum atomic E-state index is 13.5. The number of imidazole rings is 1. The summed E-state index contributed by atoms with van der Waals surface area (Å²) in [6, 6.07) is 21.6. The summed E-state index contributed by atoms with van der Waals surface area (Å²) in [5, 5.41) is 3.29. The Balaban J connectivity index is 1.35. The highest BCUT2D eigenvalue weighted by atomic mass is 32.2. The highest BCUT2D eigenvalue weighted by Crippen LogP contribution is 2.30. The first kappa shape index (κ1) is 24.0. The van der Waals surface area contributed by atoms with E-state index in [1.807, 2.05) is 30.3 Å². The summed E-state index contributed by atoms with van der Waals surface area (Å²) in [6.45, 7) is 2.83. The van der Waals surface area contributed by atoms with Crippen LogP contribution in [0.15, 0.2) is 87.9 Å². The van der Waals surface area contributed by atoms with E-state index in [2.05, 4.69) is 29.2 Å². The van der Waals surface area contributed by atoms with Crippen molar-refractivity contribution in [1.82, 2.24) is 13.9 Å². The molecule has 0 atom stereocenters. The topological polar surface area (TPSA) is 90.2 Å². The van der Waals surface area contributed by atoms with Gasteiger partial charge in [0.1, 0.15) is 0 Å². The summed E-state index contributed by atoms with van der Waals surface area (Å²) >= 11 is 1.67. The van der Waals surface area contributed by atoms with Crippen LogP contribution in [0.2, 0.25) is 0 Å². The van der Waals surface area contributed by atoms with Crippen molar-refractivity contribution in [1.29, 1.82) is 0 Å². The summed E-state index contributed by atoms with van der Waals surface area (Å²) in [4.78, 5) is 25.9. The van der Waals surface area contributed by atoms with Gasteiger partial charge in [-0.2, -0.15) is 0 Å². The molecule has 1 amide bonds. The summed E-state index contributed by atoms with van der Waals surface area (Å²) in [7, 11) is -3.92. The first-order chi connectivity index (χ1) is 17.3. The molecule has 0 aliphatic heterocycles. The number of para-hydroxylation sites is 2. The number of carbonyl (C=O) groups excluding carboxylic acids is 1. The van der Waals surface area contributed by atoms with Crippen molar-refractivity contribution in [2.24, 2.45) is 0 Å². The van der Waals surface area contributed by atoms with Crippen LogP contribution in [0.1, 0.15) is 24.0 Å². The van der Waals surface area contributed by atoms with Crippen molar-refractivity contribution < 1.29 is 13.2 Å². The molecule has 3 aromatic carbocycles. The van der Waals surface area contributed by atoms with E-state index in [4.69, 9.17) is 0 Å². The smallest absolute Gasteiger partial charge is 0.292 e. The molecule has 2 aromatic heterocycles. The largest absolute Gasteiger partial charge is 0.329 e. The molecule has 0 spiro atoms. The van der Waals surface area contributed by atoms with Gasteiger partial charge < -0.3 is 0 Å². The lowest BCUT2D eigenvalue weighted by molar-refractivity contribution is -0.119. The molecule has 0 radical (unpaired) electrons. The third kappa shape index (κ3) is 4.59. The molecule has 9 heteroatoms. The number of hydrogen-bond acceptors (Lipinski definition) is 5. The summed E-state index contributed by atoms with van der Waals surface area (Å²) in [5.74, 6) is -0.601. The Kier molecular flexibility index (Phi) is 6.51. The van der Waals surface area contributed by atoms with E-state index in [-0.39, 0.29) is 17.0 Å². The molecule has 7 nitrogen and oxygen atoms in total. The van der Waals surface area contributed by atoms with Gasteiger partial charge in [0, 0.05) is 23.1 Å². The van der Waals surface area contributed by atoms with Gasteiger partial charge >= 0.3 is 5.69 Å². The fraction of sp³-hybridized carbons (Fsp3) is 0.185. The minimum absolute atomic E-state index is 0.0215. The van der Waals surface area contributed by atoms with Crippen LogP contribution in [0.3, 0.4) is 0 Å². The number of aromatic nitrogens is 2. The van der Waals surface area contributed by atoms with E-state index in [0.29, 0.717) is 19.5 Å². The molecule has 0 aliphatic rings. The molecule has 184 valence electrons. The van der Waals surface area contributed by atoms with Gasteiger partial charge in [0.15, 0.2) is 0 Å². The number of benzene rings is 3. The van der Waals surface area contributed by atoms with Crippen molar-refractivity contribution in [2.45, 2.75) is 37.8 Å². The van der Waals surface area contributed by atoms with Gasteiger partial charge in [-0.25, -0.2) is 17.9 Å². The molecule has 0 fully saturated rings. The lowest BCUT2D eigenvalue weighted by Gasteiger charge is -2.07. The molecule has 0 saturated carbocycles. The Morgan fingerprint density at radius 3 is 2.36 bits per heavy atom. The van der Waals surface area contributed by atoms with Gasteiger partial charge in [0.05, 0.1) is 22.5 Å². The Morgan fingerprint density at radius 1 is 0.917 bits per heavy atom. The van der Waals surface area contributed by atoms with E-state index >= 15 is 0 Å². The maximum absolute atomic E-state index is 13.5. The first-order valence-electron chi connectivity index (χ1n) is 11.6. The van der Waals surface area contributed by atoms with E-state index in [1.165, 1.54) is 27.8 Å². The molecule has 1 N–H and O–H groups in total. The van der Waals surface area contributed by atoms with Crippen LogP contribution < -0.4 is 10.4 Å². The second-order valence-corrected chi connectivity index (χ2v) is 11.3. The number of hydrogen-bond donors (Lipinski definition) is 1. The van der Waals surface area contributed by atoms with Crippen molar-refractivity contribution in [3.63, 3.8) is 0 Å². The van der Waals surface area contributed by atoms with Crippen LogP contribution in [0, 0.1) is 6.92 Å². The average molecular weight is 520 g/mol. The summed E-state index contributed by atoms with van der Waals surface area (Å²) in [5.41, 5.74) is 3.74. The molecule has 2 heterocycles. The maximum Gasteiger partial charge on any atom is 0.329 e. The predicted molar refractivity (Wildman–Crippen MR) is 143 cm³/mol. The zero-order valence-electron chi connectivity index (χ0n) is 19.7. The number of fused-ring (bicyclic) bond motifs is 2. The number of sulfonamides is 1. The van der Waals surface area contributed by atoms with E-state index in [9.17, 15) is 18.0 Å². The Hall–Kier alpha value is -3.69. The molecule has 0 aliphatic carbocycles. The van der Waals surface area contributed by atoms with Crippen LogP contribution in [0.5, 0.6) is 0 Å². The number of nitrogens with zero attached hydrogens (tertiary/aromatic N) is 2. The normalized spacial score (nSPS) is 11.8. The number of carbonyl (C=O) groups is 1. The third-order valence-corrected chi connectivity index (χ3v) is 8.61. The zero-order valence-corrected chi connectivity index (χ0v) is 21.3. The average Bonchev–Trinajstić information content (AvgIpc) is 3.40. The van der Waals surface area contributed by atoms with Crippen LogP contribution in [0.4, 0.5) is 0 Å². The van der Waals surface area contributed by atoms with Crippen LogP contribution in [0.25, 0.3) is 21.1 Å². The van der Waals surface area contributed by atoms with Crippen LogP contribution >= 0.6 is 11.3 Å². The van der Waals surface area contributed by atoms with Gasteiger partial charge in [-0.15, -0.1) is 11.3 Å². The first-order valence-corrected chi connectivity index (χ1v) is 14.0. The SMILES string of the molecule is Cc1cccc2scc(Cn3c(=O)n(CCCC(=O)NS(=O)(=O)c4ccccc4)c4ccccc43)c12. The van der Waals surface area contributed by atoms with E-state index in [1.54, 1.807) is 38.7 Å². The number of amides is 1. The number of thiophene rings is 1. The van der Waals surface area contributed by atoms with Crippen molar-refractivity contribution >= 4 is 48.4 Å². The van der Waals surface area contributed by atoms with E-state index < -0.39 is 15.9 Å². The standard InChI is InChI=1S/C27H25N3O4S2/c1-19-9-7-14-24-26(19)20(18-35-24)17-30-23-13-6-5-12-22(23)29(27(30)32)16-8-15-25(31)28-36(33,34)21-10-3-2-4-11-21/h2-7,9-14,18H,8,15-17H2,1H3,(H,28,31). The number of aryl methyl sites for hydroxylation is 2. The second kappa shape index (κ2) is 9.75. The fourth-order valence-corrected chi connectivity index (χ4v) is 6.59. The fourth-order valence-electron chi connectivity index (χ4n) is 4.53. The Morgan fingerprint density at radius 2 is 1.61 bits per heavy atom. The highest BCUT2D eigenvalue weighted by Gasteiger charge is 2.18. The van der Waals surface area contributed by atoms with Gasteiger partial charge in [-0.05, 0) is 60.2 Å². The summed E-state index contributed by atoms with van der Waals surface area (Å²) in [6.07, 6.45) is 0.303. The quantitative estimate of drug-likeness (QED) is 0.323. The van der Waals surface area contributed by atoms with Gasteiger partial charge in [-0.3, -0.25) is 13.9 Å². The van der Waals surface area contributed by atoms with Crippen LogP contribution in [-0.4, -0.2) is 23.5 Å². The second-order valence-electron chi connectivity index (χ2n) is 8.66. The van der Waals surface area contributed by atoms with Gasteiger partial charge in [0.25, 0.3) is 10.0 Å². The minimum atomic E-state index is -3.92. The Bertz CT molecular complexity index is 1730. The van der Waals surface area contributed by atoms with Crippen LogP contribution in [-0.2, 0) is 27.9 Å². The molecule has 5 aromatic rings. The minimum Gasteiger partial charge on any atom is -0.292 e. The predicted octanol–water partition coefficient (Wildman–Crippen LogP) is 4.66. The molecular weight excluding hydrogens is 494 g/mol. The van der Waals surface area contributed by atoms with Crippen molar-refractivity contribution in [3.8, 4) is 0 Å². The highest BCUT2D eigenvalue weighted by molar-refractivity contribution is 7.90. The zero-order chi connectivity index (χ0) is 25.3. The van der Waals surface area contributed by atoms with Gasteiger partial charge in [0.2, 0.25) is 5.91 Å². The lowest BCUT2D eigenvalue weighted by atomic mass is 10.1. The molecule has 5 rings (SSSR count). The van der Waals surface area contributed by atoms with Crippen molar-refractivity contribution in [2.75, 3.05) is 0 Å². The molecule has 0 saturated heterocycles. The third-order valence-electron chi connectivity index (χ3n) is 6.22. The number of nitrogens with one attached hydrogen (secondary N) is 1. The Labute approximate surface area is 212 Å².